The van der Waals surface area contributed by atoms with Crippen LogP contribution in [0, 0.1) is 0 Å². The highest BCUT2D eigenvalue weighted by atomic mass is 16.6. The van der Waals surface area contributed by atoms with Crippen LogP contribution in [0.1, 0.15) is 59.3 Å². The molecular weight excluding hydrogens is 288 g/mol. The van der Waals surface area contributed by atoms with Crippen molar-refractivity contribution in [3.63, 3.8) is 0 Å². The summed E-state index contributed by atoms with van der Waals surface area (Å²) < 4.78 is 11.8. The van der Waals surface area contributed by atoms with Crippen LogP contribution < -0.4 is 0 Å². The zero-order valence-electron chi connectivity index (χ0n) is 14.7. The van der Waals surface area contributed by atoms with Gasteiger partial charge in [-0.3, -0.25) is 0 Å². The van der Waals surface area contributed by atoms with Gasteiger partial charge >= 0.3 is 0 Å². The van der Waals surface area contributed by atoms with Crippen LogP contribution in [0.15, 0.2) is 35.5 Å². The Hall–Kier alpha value is -0.900. The Morgan fingerprint density at radius 1 is 1.22 bits per heavy atom. The van der Waals surface area contributed by atoms with Crippen LogP contribution in [0.3, 0.4) is 0 Å². The lowest BCUT2D eigenvalue weighted by Gasteiger charge is -2.28. The highest BCUT2D eigenvalue weighted by Crippen LogP contribution is 2.44. The molecule has 1 unspecified atom stereocenters. The van der Waals surface area contributed by atoms with Gasteiger partial charge in [0.1, 0.15) is 11.7 Å². The van der Waals surface area contributed by atoms with Gasteiger partial charge in [0.25, 0.3) is 0 Å². The number of hydrogen-bond acceptors (Lipinski definition) is 3. The number of ether oxygens (including phenoxy) is 2. The third kappa shape index (κ3) is 3.47. The maximum absolute atomic E-state index is 11.1. The van der Waals surface area contributed by atoms with Gasteiger partial charge in [-0.15, -0.1) is 0 Å². The summed E-state index contributed by atoms with van der Waals surface area (Å²) in [5, 5.41) is 11.1. The smallest absolute Gasteiger partial charge is 0.118 e. The molecule has 3 rings (SSSR count). The minimum Gasteiger partial charge on any atom is -0.382 e. The molecule has 2 fully saturated rings. The van der Waals surface area contributed by atoms with Crippen molar-refractivity contribution < 1.29 is 14.6 Å². The Morgan fingerprint density at radius 3 is 2.78 bits per heavy atom. The van der Waals surface area contributed by atoms with E-state index in [9.17, 15) is 5.11 Å². The van der Waals surface area contributed by atoms with Gasteiger partial charge in [-0.1, -0.05) is 29.9 Å². The lowest BCUT2D eigenvalue weighted by Crippen LogP contribution is -2.38. The van der Waals surface area contributed by atoms with E-state index in [1.54, 1.807) is 0 Å². The van der Waals surface area contributed by atoms with Gasteiger partial charge in [0, 0.05) is 0 Å². The summed E-state index contributed by atoms with van der Waals surface area (Å²) in [5.41, 5.74) is 2.55. The first-order chi connectivity index (χ1) is 10.8. The van der Waals surface area contributed by atoms with Crippen molar-refractivity contribution in [1.29, 1.82) is 0 Å². The van der Waals surface area contributed by atoms with Crippen molar-refractivity contribution >= 4 is 0 Å². The van der Waals surface area contributed by atoms with Crippen LogP contribution in [-0.2, 0) is 9.47 Å². The van der Waals surface area contributed by atoms with E-state index in [4.69, 9.17) is 9.47 Å². The zero-order valence-corrected chi connectivity index (χ0v) is 14.7. The summed E-state index contributed by atoms with van der Waals surface area (Å²) in [6.07, 6.45) is 10.2. The molecule has 128 valence electrons. The number of epoxide rings is 1. The fraction of sp³-hybridized carbons (Fsp3) is 0.700. The summed E-state index contributed by atoms with van der Waals surface area (Å²) in [6, 6.07) is 0. The maximum atomic E-state index is 11.1. The predicted molar refractivity (Wildman–Crippen MR) is 92.3 cm³/mol. The van der Waals surface area contributed by atoms with E-state index in [0.29, 0.717) is 19.1 Å². The second-order valence-corrected chi connectivity index (χ2v) is 7.82. The molecule has 0 bridgehead atoms. The average Bonchev–Trinajstić information content (AvgIpc) is 3.07. The molecule has 0 spiro atoms. The van der Waals surface area contributed by atoms with Crippen LogP contribution in [0.25, 0.3) is 0 Å². The number of aliphatic hydroxyl groups is 1. The van der Waals surface area contributed by atoms with Crippen molar-refractivity contribution in [2.45, 2.75) is 82.7 Å². The maximum Gasteiger partial charge on any atom is 0.118 e. The Labute approximate surface area is 140 Å². The Morgan fingerprint density at radius 2 is 2.00 bits per heavy atom. The lowest BCUT2D eigenvalue weighted by molar-refractivity contribution is -0.00624. The minimum atomic E-state index is -0.926. The van der Waals surface area contributed by atoms with Crippen LogP contribution >= 0.6 is 0 Å². The van der Waals surface area contributed by atoms with Crippen molar-refractivity contribution in [3.8, 4) is 0 Å². The number of fused-ring (bicyclic) bond motifs is 2. The van der Waals surface area contributed by atoms with Crippen molar-refractivity contribution in [2.75, 3.05) is 6.61 Å². The van der Waals surface area contributed by atoms with Crippen LogP contribution in [-0.4, -0.2) is 35.1 Å². The molecule has 0 aromatic heterocycles. The number of allylic oxidation sites excluding steroid dienone is 3. The fourth-order valence-electron chi connectivity index (χ4n) is 3.83. The number of hydrogen-bond donors (Lipinski definition) is 1. The summed E-state index contributed by atoms with van der Waals surface area (Å²) in [7, 11) is 0. The van der Waals surface area contributed by atoms with E-state index < -0.39 is 5.60 Å². The molecule has 2 aliphatic heterocycles. The van der Waals surface area contributed by atoms with Gasteiger partial charge in [0.2, 0.25) is 0 Å². The molecule has 0 aromatic carbocycles. The van der Waals surface area contributed by atoms with Crippen molar-refractivity contribution in [2.24, 2.45) is 0 Å². The first-order valence-corrected chi connectivity index (χ1v) is 8.86. The van der Waals surface area contributed by atoms with E-state index in [0.717, 1.165) is 37.7 Å². The molecule has 3 heteroatoms. The SMILES string of the molecule is C=C1CO[C@H]2/C=C(\C)CC[C@@H]3OC3(C)CC/C=C(\C)CC[C@@]12O. The molecule has 3 aliphatic rings. The third-order valence-electron chi connectivity index (χ3n) is 5.83. The van der Waals surface area contributed by atoms with Gasteiger partial charge in [-0.2, -0.15) is 0 Å². The van der Waals surface area contributed by atoms with Gasteiger partial charge < -0.3 is 14.6 Å². The average molecular weight is 318 g/mol. The zero-order chi connectivity index (χ0) is 16.7. The Kier molecular flexibility index (Phi) is 4.56. The van der Waals surface area contributed by atoms with Gasteiger partial charge in [0.15, 0.2) is 0 Å². The molecular formula is C20H30O3. The summed E-state index contributed by atoms with van der Waals surface area (Å²) in [4.78, 5) is 0. The fourth-order valence-corrected chi connectivity index (χ4v) is 3.83. The van der Waals surface area contributed by atoms with Gasteiger partial charge in [-0.25, -0.2) is 0 Å². The van der Waals surface area contributed by atoms with Crippen LogP contribution in [0.5, 0.6) is 0 Å². The molecule has 23 heavy (non-hydrogen) atoms. The molecule has 2 heterocycles. The van der Waals surface area contributed by atoms with E-state index in [1.165, 1.54) is 11.1 Å². The van der Waals surface area contributed by atoms with Crippen molar-refractivity contribution in [1.82, 2.24) is 0 Å². The first-order valence-electron chi connectivity index (χ1n) is 8.86. The quantitative estimate of drug-likeness (QED) is 0.540. The molecule has 1 aliphatic carbocycles. The molecule has 3 nitrogen and oxygen atoms in total. The monoisotopic (exact) mass is 318 g/mol. The third-order valence-corrected chi connectivity index (χ3v) is 5.83. The predicted octanol–water partition coefficient (Wildman–Crippen LogP) is 4.08. The normalized spacial score (nSPS) is 46.7. The van der Waals surface area contributed by atoms with Gasteiger partial charge in [-0.05, 0) is 64.9 Å². The highest BCUT2D eigenvalue weighted by molar-refractivity contribution is 5.27. The molecule has 1 N–H and O–H groups in total. The molecule has 0 amide bonds. The molecule has 0 radical (unpaired) electrons. The van der Waals surface area contributed by atoms with E-state index in [-0.39, 0.29) is 11.7 Å². The molecule has 0 aromatic rings. The molecule has 4 atom stereocenters. The standard InChI is InChI=1S/C20H30O3/c1-14-6-5-10-19(4)17(23-19)8-7-15(2)12-18-20(21,11-9-14)16(3)13-22-18/h6,12,17-18,21H,3,5,7-11,13H2,1-2,4H3/b14-6+,15-12+/t17-,18-,19?,20+/m0/s1. The van der Waals surface area contributed by atoms with E-state index in [2.05, 4.69) is 39.5 Å². The molecule has 0 saturated carbocycles. The largest absolute Gasteiger partial charge is 0.382 e. The topological polar surface area (TPSA) is 42.0 Å². The van der Waals surface area contributed by atoms with Crippen LogP contribution in [0.2, 0.25) is 0 Å². The summed E-state index contributed by atoms with van der Waals surface area (Å²) in [5.74, 6) is 0. The summed E-state index contributed by atoms with van der Waals surface area (Å²) in [6.45, 7) is 11.0. The van der Waals surface area contributed by atoms with Crippen LogP contribution in [0.4, 0.5) is 0 Å². The van der Waals surface area contributed by atoms with Gasteiger partial charge in [0.05, 0.1) is 18.3 Å². The summed E-state index contributed by atoms with van der Waals surface area (Å²) >= 11 is 0. The highest BCUT2D eigenvalue weighted by Gasteiger charge is 2.50. The second-order valence-electron chi connectivity index (χ2n) is 7.82. The molecule has 2 saturated heterocycles. The Balaban J connectivity index is 1.80. The second kappa shape index (κ2) is 6.19. The first kappa shape index (κ1) is 16.9. The van der Waals surface area contributed by atoms with E-state index in [1.807, 2.05) is 0 Å². The number of rotatable bonds is 0. The van der Waals surface area contributed by atoms with Crippen molar-refractivity contribution in [3.05, 3.63) is 35.5 Å². The lowest BCUT2D eigenvalue weighted by atomic mass is 9.84. The minimum absolute atomic E-state index is 0.0695. The van der Waals surface area contributed by atoms with E-state index >= 15 is 0 Å². The Bertz CT molecular complexity index is 547.